The van der Waals surface area contributed by atoms with E-state index >= 15 is 0 Å². The summed E-state index contributed by atoms with van der Waals surface area (Å²) in [5.74, 6) is 2.62. The molecule has 0 saturated heterocycles. The minimum Gasteiger partial charge on any atom is -0.497 e. The lowest BCUT2D eigenvalue weighted by atomic mass is 10.1. The molecule has 4 nitrogen and oxygen atoms in total. The molecule has 0 aliphatic carbocycles. The first-order valence-corrected chi connectivity index (χ1v) is 5.56. The van der Waals surface area contributed by atoms with E-state index < -0.39 is 0 Å². The highest BCUT2D eigenvalue weighted by atomic mass is 16.5. The van der Waals surface area contributed by atoms with Gasteiger partial charge in [-0.1, -0.05) is 6.92 Å². The van der Waals surface area contributed by atoms with Gasteiger partial charge >= 0.3 is 0 Å². The number of ether oxygens (including phenoxy) is 1. The molecule has 0 amide bonds. The maximum atomic E-state index is 5.24. The Bertz CT molecular complexity index is 532. The molecule has 0 spiro atoms. The molecular formula is C12H15N3O. The number of nitrogens with one attached hydrogen (secondary N) is 1. The van der Waals surface area contributed by atoms with E-state index in [0.29, 0.717) is 5.92 Å². The van der Waals surface area contributed by atoms with E-state index in [2.05, 4.69) is 22.0 Å². The van der Waals surface area contributed by atoms with Gasteiger partial charge in [0.25, 0.3) is 0 Å². The molecule has 84 valence electrons. The van der Waals surface area contributed by atoms with Gasteiger partial charge < -0.3 is 10.1 Å². The Kier molecular flexibility index (Phi) is 2.02. The summed E-state index contributed by atoms with van der Waals surface area (Å²) in [4.78, 5) is 0. The fraction of sp³-hybridized carbons (Fsp3) is 0.417. The second-order valence-electron chi connectivity index (χ2n) is 4.40. The molecule has 1 N–H and O–H groups in total. The van der Waals surface area contributed by atoms with Crippen molar-refractivity contribution in [1.29, 1.82) is 0 Å². The molecule has 1 unspecified atom stereocenters. The van der Waals surface area contributed by atoms with Crippen molar-refractivity contribution in [1.82, 2.24) is 9.78 Å². The minimum atomic E-state index is 0.628. The number of aromatic nitrogens is 2. The second-order valence-corrected chi connectivity index (χ2v) is 4.40. The van der Waals surface area contributed by atoms with Gasteiger partial charge in [-0.3, -0.25) is 0 Å². The molecule has 1 aromatic heterocycles. The molecule has 1 aromatic carbocycles. The van der Waals surface area contributed by atoms with Gasteiger partial charge in [0.1, 0.15) is 11.6 Å². The van der Waals surface area contributed by atoms with Crippen molar-refractivity contribution in [3.05, 3.63) is 18.2 Å². The van der Waals surface area contributed by atoms with Gasteiger partial charge in [0.15, 0.2) is 0 Å². The van der Waals surface area contributed by atoms with Crippen LogP contribution in [0.25, 0.3) is 10.9 Å². The van der Waals surface area contributed by atoms with Gasteiger partial charge in [-0.25, -0.2) is 4.68 Å². The number of anilines is 1. The van der Waals surface area contributed by atoms with Crippen LogP contribution in [0.1, 0.15) is 6.92 Å². The van der Waals surface area contributed by atoms with Gasteiger partial charge in [-0.2, -0.15) is 5.10 Å². The number of hydrogen-bond acceptors (Lipinski definition) is 3. The highest BCUT2D eigenvalue weighted by molar-refractivity contribution is 5.91. The molecule has 1 aliphatic heterocycles. The molecule has 4 heteroatoms. The first kappa shape index (κ1) is 9.51. The lowest BCUT2D eigenvalue weighted by Crippen LogP contribution is -2.25. The third-order valence-corrected chi connectivity index (χ3v) is 3.05. The predicted octanol–water partition coefficient (Wildman–Crippen LogP) is 2.11. The van der Waals surface area contributed by atoms with Gasteiger partial charge in [0.2, 0.25) is 0 Å². The summed E-state index contributed by atoms with van der Waals surface area (Å²) in [5, 5.41) is 9.15. The van der Waals surface area contributed by atoms with E-state index in [-0.39, 0.29) is 0 Å². The lowest BCUT2D eigenvalue weighted by Gasteiger charge is -2.21. The number of fused-ring (bicyclic) bond motifs is 3. The molecule has 0 fully saturated rings. The van der Waals surface area contributed by atoms with E-state index in [1.807, 2.05) is 18.2 Å². The highest BCUT2D eigenvalue weighted by Gasteiger charge is 2.18. The summed E-state index contributed by atoms with van der Waals surface area (Å²) in [5.41, 5.74) is 1.03. The average Bonchev–Trinajstić information content (AvgIpc) is 2.65. The average molecular weight is 217 g/mol. The van der Waals surface area contributed by atoms with Crippen LogP contribution in [0.5, 0.6) is 5.75 Å². The molecule has 2 heterocycles. The molecule has 16 heavy (non-hydrogen) atoms. The third kappa shape index (κ3) is 1.33. The number of methoxy groups -OCH3 is 1. The monoisotopic (exact) mass is 217 g/mol. The van der Waals surface area contributed by atoms with E-state index in [1.165, 1.54) is 0 Å². The van der Waals surface area contributed by atoms with Gasteiger partial charge in [-0.05, 0) is 24.1 Å². The third-order valence-electron chi connectivity index (χ3n) is 3.05. The number of hydrogen-bond donors (Lipinski definition) is 1. The summed E-state index contributed by atoms with van der Waals surface area (Å²) in [6.07, 6.45) is 0. The molecule has 0 radical (unpaired) electrons. The van der Waals surface area contributed by atoms with Crippen molar-refractivity contribution >= 4 is 16.7 Å². The van der Waals surface area contributed by atoms with Crippen molar-refractivity contribution in [2.45, 2.75) is 13.5 Å². The van der Waals surface area contributed by atoms with E-state index in [4.69, 9.17) is 4.74 Å². The summed E-state index contributed by atoms with van der Waals surface area (Å²) in [7, 11) is 1.69. The fourth-order valence-electron chi connectivity index (χ4n) is 2.19. The van der Waals surface area contributed by atoms with E-state index in [9.17, 15) is 0 Å². The van der Waals surface area contributed by atoms with E-state index in [1.54, 1.807) is 7.11 Å². The van der Waals surface area contributed by atoms with Crippen molar-refractivity contribution < 1.29 is 4.74 Å². The molecule has 0 bridgehead atoms. The molecule has 0 saturated carbocycles. The Labute approximate surface area is 94.2 Å². The first-order chi connectivity index (χ1) is 7.78. The first-order valence-electron chi connectivity index (χ1n) is 5.56. The lowest BCUT2D eigenvalue weighted by molar-refractivity contribution is 0.415. The van der Waals surface area contributed by atoms with Crippen LogP contribution in [0.2, 0.25) is 0 Å². The molecule has 1 atom stereocenters. The quantitative estimate of drug-likeness (QED) is 0.795. The number of rotatable bonds is 1. The van der Waals surface area contributed by atoms with Crippen LogP contribution in [0.4, 0.5) is 5.82 Å². The number of benzene rings is 1. The van der Waals surface area contributed by atoms with Crippen molar-refractivity contribution in [2.24, 2.45) is 5.92 Å². The summed E-state index contributed by atoms with van der Waals surface area (Å²) in [6.45, 7) is 4.22. The summed E-state index contributed by atoms with van der Waals surface area (Å²) in [6, 6.07) is 5.99. The highest BCUT2D eigenvalue weighted by Crippen LogP contribution is 2.30. The number of nitrogens with zero attached hydrogens (tertiary/aromatic N) is 2. The van der Waals surface area contributed by atoms with E-state index in [0.717, 1.165) is 35.6 Å². The van der Waals surface area contributed by atoms with Crippen LogP contribution in [-0.4, -0.2) is 23.4 Å². The Morgan fingerprint density at radius 2 is 2.38 bits per heavy atom. The predicted molar refractivity (Wildman–Crippen MR) is 63.9 cm³/mol. The zero-order valence-corrected chi connectivity index (χ0v) is 9.53. The second kappa shape index (κ2) is 3.40. The van der Waals surface area contributed by atoms with Crippen LogP contribution < -0.4 is 10.1 Å². The normalized spacial score (nSPS) is 19.2. The van der Waals surface area contributed by atoms with Crippen LogP contribution in [-0.2, 0) is 6.54 Å². The maximum Gasteiger partial charge on any atom is 0.132 e. The van der Waals surface area contributed by atoms with Gasteiger partial charge in [0, 0.05) is 18.5 Å². The SMILES string of the molecule is COc1ccc2nn3c(c2c1)NCC(C)C3. The van der Waals surface area contributed by atoms with Crippen molar-refractivity contribution in [2.75, 3.05) is 19.0 Å². The molecule has 2 aromatic rings. The Hall–Kier alpha value is -1.71. The smallest absolute Gasteiger partial charge is 0.132 e. The molecule has 1 aliphatic rings. The molecular weight excluding hydrogens is 202 g/mol. The minimum absolute atomic E-state index is 0.628. The van der Waals surface area contributed by atoms with Crippen molar-refractivity contribution in [3.8, 4) is 5.75 Å². The van der Waals surface area contributed by atoms with Gasteiger partial charge in [-0.15, -0.1) is 0 Å². The van der Waals surface area contributed by atoms with Crippen LogP contribution in [0, 0.1) is 5.92 Å². The standard InChI is InChI=1S/C12H15N3O/c1-8-6-13-12-10-5-9(16-2)3-4-11(10)14-15(12)7-8/h3-5,8,13H,6-7H2,1-2H3. The van der Waals surface area contributed by atoms with Crippen LogP contribution >= 0.6 is 0 Å². The Morgan fingerprint density at radius 3 is 3.19 bits per heavy atom. The fourth-order valence-corrected chi connectivity index (χ4v) is 2.19. The van der Waals surface area contributed by atoms with Crippen LogP contribution in [0.3, 0.4) is 0 Å². The Morgan fingerprint density at radius 1 is 1.50 bits per heavy atom. The summed E-state index contributed by atoms with van der Waals surface area (Å²) < 4.78 is 7.29. The zero-order chi connectivity index (χ0) is 11.1. The maximum absolute atomic E-state index is 5.24. The zero-order valence-electron chi connectivity index (χ0n) is 9.53. The molecule has 3 rings (SSSR count). The Balaban J connectivity index is 2.18. The van der Waals surface area contributed by atoms with Gasteiger partial charge in [0.05, 0.1) is 12.6 Å². The topological polar surface area (TPSA) is 39.1 Å². The van der Waals surface area contributed by atoms with Crippen LogP contribution in [0.15, 0.2) is 18.2 Å². The largest absolute Gasteiger partial charge is 0.497 e. The van der Waals surface area contributed by atoms with Crippen molar-refractivity contribution in [3.63, 3.8) is 0 Å². The summed E-state index contributed by atoms with van der Waals surface area (Å²) >= 11 is 0.